The van der Waals surface area contributed by atoms with Crippen LogP contribution in [0.2, 0.25) is 0 Å². The minimum absolute atomic E-state index is 0.141. The van der Waals surface area contributed by atoms with Gasteiger partial charge in [-0.1, -0.05) is 24.3 Å². The Labute approximate surface area is 161 Å². The molecule has 0 unspecified atom stereocenters. The minimum atomic E-state index is -0.406. The number of hydrogen-bond donors (Lipinski definition) is 0. The smallest absolute Gasteiger partial charge is 0.353 e. The van der Waals surface area contributed by atoms with Crippen molar-refractivity contribution in [3.05, 3.63) is 88.1 Å². The van der Waals surface area contributed by atoms with E-state index < -0.39 is 5.97 Å². The summed E-state index contributed by atoms with van der Waals surface area (Å²) in [7, 11) is 0. The van der Waals surface area contributed by atoms with Crippen molar-refractivity contribution in [2.75, 3.05) is 6.61 Å². The summed E-state index contributed by atoms with van der Waals surface area (Å²) in [4.78, 5) is 24.8. The maximum absolute atomic E-state index is 12.4. The fourth-order valence-electron chi connectivity index (χ4n) is 2.41. The van der Waals surface area contributed by atoms with Gasteiger partial charge in [-0.05, 0) is 60.9 Å². The van der Waals surface area contributed by atoms with E-state index in [9.17, 15) is 9.59 Å². The van der Waals surface area contributed by atoms with Gasteiger partial charge in [-0.15, -0.1) is 11.3 Å². The second-order valence-electron chi connectivity index (χ2n) is 5.56. The van der Waals surface area contributed by atoms with Crippen molar-refractivity contribution in [2.24, 2.45) is 0 Å². The molecule has 0 saturated heterocycles. The highest BCUT2D eigenvalue weighted by atomic mass is 32.1. The zero-order valence-corrected chi connectivity index (χ0v) is 15.6. The number of allylic oxidation sites excluding steroid dienone is 1. The van der Waals surface area contributed by atoms with Crippen molar-refractivity contribution in [2.45, 2.75) is 6.92 Å². The topological polar surface area (TPSA) is 52.6 Å². The summed E-state index contributed by atoms with van der Waals surface area (Å²) >= 11 is 1.32. The van der Waals surface area contributed by atoms with Crippen LogP contribution in [0, 0.1) is 0 Å². The van der Waals surface area contributed by atoms with Crippen molar-refractivity contribution in [3.63, 3.8) is 0 Å². The van der Waals surface area contributed by atoms with E-state index in [0.29, 0.717) is 22.8 Å². The van der Waals surface area contributed by atoms with Crippen molar-refractivity contribution < 1.29 is 19.1 Å². The van der Waals surface area contributed by atoms with Gasteiger partial charge in [-0.2, -0.15) is 0 Å². The molecule has 1 heterocycles. The van der Waals surface area contributed by atoms with Gasteiger partial charge in [0, 0.05) is 11.1 Å². The fraction of sp³-hybridized carbons (Fsp3) is 0.0909. The van der Waals surface area contributed by atoms with E-state index in [2.05, 4.69) is 0 Å². The summed E-state index contributed by atoms with van der Waals surface area (Å²) in [6.45, 7) is 2.48. The predicted octanol–water partition coefficient (Wildman–Crippen LogP) is 5.26. The molecule has 0 spiro atoms. The Morgan fingerprint density at radius 1 is 1.00 bits per heavy atom. The van der Waals surface area contributed by atoms with Gasteiger partial charge in [0.25, 0.3) is 0 Å². The molecule has 0 aliphatic heterocycles. The Morgan fingerprint density at radius 2 is 1.78 bits per heavy atom. The molecule has 0 N–H and O–H groups in total. The van der Waals surface area contributed by atoms with E-state index >= 15 is 0 Å². The fourth-order valence-corrected chi connectivity index (χ4v) is 3.00. The molecule has 27 heavy (non-hydrogen) atoms. The Bertz CT molecular complexity index is 941. The normalized spacial score (nSPS) is 10.7. The van der Waals surface area contributed by atoms with Crippen LogP contribution < -0.4 is 9.47 Å². The van der Waals surface area contributed by atoms with Crippen LogP contribution >= 0.6 is 11.3 Å². The van der Waals surface area contributed by atoms with E-state index in [1.807, 2.05) is 36.6 Å². The van der Waals surface area contributed by atoms with E-state index in [1.165, 1.54) is 17.4 Å². The Morgan fingerprint density at radius 3 is 2.48 bits per heavy atom. The van der Waals surface area contributed by atoms with Gasteiger partial charge in [0.1, 0.15) is 16.4 Å². The predicted molar refractivity (Wildman–Crippen MR) is 107 cm³/mol. The molecular formula is C22H18O4S. The van der Waals surface area contributed by atoms with Crippen LogP contribution in [0.3, 0.4) is 0 Å². The van der Waals surface area contributed by atoms with Gasteiger partial charge in [-0.3, -0.25) is 4.79 Å². The summed E-state index contributed by atoms with van der Waals surface area (Å²) in [6, 6.07) is 17.5. The van der Waals surface area contributed by atoms with Crippen LogP contribution in [0.1, 0.15) is 32.5 Å². The molecule has 0 saturated carbocycles. The highest BCUT2D eigenvalue weighted by Crippen LogP contribution is 2.20. The standard InChI is InChI=1S/C22H18O4S/c1-2-25-20-7-4-3-6-17(20)11-14-19(23)16-9-12-18(13-10-16)26-22(24)21-8-5-15-27-21/h3-15H,2H2,1H3. The zero-order chi connectivity index (χ0) is 19.1. The largest absolute Gasteiger partial charge is 0.493 e. The first-order valence-corrected chi connectivity index (χ1v) is 9.35. The van der Waals surface area contributed by atoms with Crippen LogP contribution in [-0.4, -0.2) is 18.4 Å². The van der Waals surface area contributed by atoms with Gasteiger partial charge >= 0.3 is 5.97 Å². The highest BCUT2D eigenvalue weighted by molar-refractivity contribution is 7.12. The number of hydrogen-bond acceptors (Lipinski definition) is 5. The quantitative estimate of drug-likeness (QED) is 0.243. The molecule has 3 aromatic rings. The second kappa shape index (κ2) is 8.96. The lowest BCUT2D eigenvalue weighted by atomic mass is 10.1. The summed E-state index contributed by atoms with van der Waals surface area (Å²) in [5.41, 5.74) is 1.35. The Hall–Kier alpha value is -3.18. The number of ether oxygens (including phenoxy) is 2. The van der Waals surface area contributed by atoms with Crippen LogP contribution in [-0.2, 0) is 0 Å². The Balaban J connectivity index is 1.66. The lowest BCUT2D eigenvalue weighted by Crippen LogP contribution is -2.06. The van der Waals surface area contributed by atoms with Gasteiger partial charge in [0.15, 0.2) is 5.78 Å². The van der Waals surface area contributed by atoms with Crippen molar-refractivity contribution in [1.82, 2.24) is 0 Å². The number of esters is 1. The molecule has 0 fully saturated rings. The Kier molecular flexibility index (Phi) is 6.18. The molecule has 5 heteroatoms. The monoisotopic (exact) mass is 378 g/mol. The van der Waals surface area contributed by atoms with E-state index in [0.717, 1.165) is 11.3 Å². The molecule has 4 nitrogen and oxygen atoms in total. The number of rotatable bonds is 7. The molecule has 0 aliphatic rings. The SMILES string of the molecule is CCOc1ccccc1C=CC(=O)c1ccc(OC(=O)c2cccs2)cc1. The summed E-state index contributed by atoms with van der Waals surface area (Å²) in [5.74, 6) is 0.587. The zero-order valence-electron chi connectivity index (χ0n) is 14.8. The molecule has 0 amide bonds. The molecule has 3 rings (SSSR count). The number of carbonyl (C=O) groups excluding carboxylic acids is 2. The maximum atomic E-state index is 12.4. The van der Waals surface area contributed by atoms with Crippen LogP contribution in [0.5, 0.6) is 11.5 Å². The molecule has 0 aliphatic carbocycles. The molecule has 2 aromatic carbocycles. The number of thiophene rings is 1. The van der Waals surface area contributed by atoms with Gasteiger partial charge < -0.3 is 9.47 Å². The summed E-state index contributed by atoms with van der Waals surface area (Å²) in [6.07, 6.45) is 3.24. The first-order chi connectivity index (χ1) is 13.2. The number of carbonyl (C=O) groups is 2. The number of benzene rings is 2. The lowest BCUT2D eigenvalue weighted by molar-refractivity contribution is 0.0740. The van der Waals surface area contributed by atoms with Gasteiger partial charge in [-0.25, -0.2) is 4.79 Å². The molecule has 0 atom stereocenters. The van der Waals surface area contributed by atoms with Gasteiger partial charge in [0.05, 0.1) is 6.61 Å². The minimum Gasteiger partial charge on any atom is -0.493 e. The first kappa shape index (κ1) is 18.6. The average molecular weight is 378 g/mol. The molecule has 0 bridgehead atoms. The number of para-hydroxylation sites is 1. The van der Waals surface area contributed by atoms with Crippen LogP contribution in [0.15, 0.2) is 72.1 Å². The van der Waals surface area contributed by atoms with Crippen molar-refractivity contribution in [1.29, 1.82) is 0 Å². The van der Waals surface area contributed by atoms with Crippen molar-refractivity contribution >= 4 is 29.2 Å². The number of ketones is 1. The maximum Gasteiger partial charge on any atom is 0.353 e. The third kappa shape index (κ3) is 4.92. The van der Waals surface area contributed by atoms with Gasteiger partial charge in [0.2, 0.25) is 0 Å². The average Bonchev–Trinajstić information content (AvgIpc) is 3.23. The van der Waals surface area contributed by atoms with E-state index in [1.54, 1.807) is 42.5 Å². The first-order valence-electron chi connectivity index (χ1n) is 8.47. The van der Waals surface area contributed by atoms with Crippen LogP contribution in [0.25, 0.3) is 6.08 Å². The molecule has 0 radical (unpaired) electrons. The highest BCUT2D eigenvalue weighted by Gasteiger charge is 2.10. The third-order valence-corrected chi connectivity index (χ3v) is 4.55. The molecular weight excluding hydrogens is 360 g/mol. The molecule has 1 aromatic heterocycles. The summed E-state index contributed by atoms with van der Waals surface area (Å²) in [5, 5.41) is 1.81. The van der Waals surface area contributed by atoms with E-state index in [4.69, 9.17) is 9.47 Å². The third-order valence-electron chi connectivity index (χ3n) is 3.70. The van der Waals surface area contributed by atoms with Crippen molar-refractivity contribution in [3.8, 4) is 11.5 Å². The van der Waals surface area contributed by atoms with Crippen LogP contribution in [0.4, 0.5) is 0 Å². The molecule has 136 valence electrons. The van der Waals surface area contributed by atoms with E-state index in [-0.39, 0.29) is 5.78 Å². The summed E-state index contributed by atoms with van der Waals surface area (Å²) < 4.78 is 10.8. The lowest BCUT2D eigenvalue weighted by Gasteiger charge is -2.06. The second-order valence-corrected chi connectivity index (χ2v) is 6.51.